The van der Waals surface area contributed by atoms with Gasteiger partial charge in [0.15, 0.2) is 0 Å². The first-order valence-corrected chi connectivity index (χ1v) is 4.77. The lowest BCUT2D eigenvalue weighted by Gasteiger charge is -2.15. The van der Waals surface area contributed by atoms with Crippen LogP contribution >= 0.6 is 0 Å². The van der Waals surface area contributed by atoms with Crippen LogP contribution in [0, 0.1) is 11.8 Å². The number of hydrogen-bond acceptors (Lipinski definition) is 3. The quantitative estimate of drug-likeness (QED) is 0.666. The van der Waals surface area contributed by atoms with Gasteiger partial charge in [-0.2, -0.15) is 0 Å². The summed E-state index contributed by atoms with van der Waals surface area (Å²) in [7, 11) is 1.33. The van der Waals surface area contributed by atoms with Crippen molar-refractivity contribution >= 4 is 11.9 Å². The number of carboxylic acid groups (broad SMARTS) is 1. The molecule has 0 aromatic heterocycles. The molecule has 0 spiro atoms. The Morgan fingerprint density at radius 3 is 2.29 bits per heavy atom. The molecule has 14 heavy (non-hydrogen) atoms. The van der Waals surface area contributed by atoms with Crippen molar-refractivity contribution in [1.29, 1.82) is 0 Å². The molecule has 0 saturated heterocycles. The van der Waals surface area contributed by atoms with E-state index in [1.807, 2.05) is 13.8 Å². The maximum Gasteiger partial charge on any atom is 0.308 e. The molecule has 0 aliphatic carbocycles. The van der Waals surface area contributed by atoms with Gasteiger partial charge in [0.2, 0.25) is 0 Å². The fourth-order valence-corrected chi connectivity index (χ4v) is 1.37. The van der Waals surface area contributed by atoms with Gasteiger partial charge < -0.3 is 9.84 Å². The number of ether oxygens (including phenoxy) is 1. The first kappa shape index (κ1) is 12.9. The number of carbonyl (C=O) groups is 2. The fourth-order valence-electron chi connectivity index (χ4n) is 1.37. The molecule has 0 amide bonds. The number of methoxy groups -OCH3 is 1. The summed E-state index contributed by atoms with van der Waals surface area (Å²) < 4.78 is 4.61. The van der Waals surface area contributed by atoms with Crippen LogP contribution in [0.25, 0.3) is 0 Å². The van der Waals surface area contributed by atoms with E-state index in [0.29, 0.717) is 18.8 Å². The van der Waals surface area contributed by atoms with Crippen LogP contribution in [0.5, 0.6) is 0 Å². The molecule has 1 N–H and O–H groups in total. The van der Waals surface area contributed by atoms with Gasteiger partial charge in [-0.15, -0.1) is 0 Å². The zero-order valence-electron chi connectivity index (χ0n) is 8.95. The molecule has 0 aliphatic heterocycles. The molecule has 0 aromatic rings. The summed E-state index contributed by atoms with van der Waals surface area (Å²) in [5.41, 5.74) is 0. The normalized spacial score (nSPS) is 12.6. The van der Waals surface area contributed by atoms with Gasteiger partial charge in [0.1, 0.15) is 0 Å². The molecule has 0 rings (SSSR count). The maximum atomic E-state index is 11.2. The minimum absolute atomic E-state index is 0.0203. The number of aliphatic carboxylic acids is 1. The van der Waals surface area contributed by atoms with Gasteiger partial charge in [-0.1, -0.05) is 13.8 Å². The van der Waals surface area contributed by atoms with Crippen molar-refractivity contribution in [2.45, 2.75) is 33.1 Å². The van der Waals surface area contributed by atoms with Crippen molar-refractivity contribution in [3.63, 3.8) is 0 Å². The maximum absolute atomic E-state index is 11.2. The Balaban J connectivity index is 4.10. The molecule has 0 aliphatic rings. The second-order valence-electron chi connectivity index (χ2n) is 3.78. The molecule has 4 heteroatoms. The first-order valence-electron chi connectivity index (χ1n) is 4.77. The van der Waals surface area contributed by atoms with Crippen LogP contribution in [0.1, 0.15) is 33.1 Å². The molecule has 0 fully saturated rings. The minimum atomic E-state index is -0.873. The number of esters is 1. The van der Waals surface area contributed by atoms with E-state index < -0.39 is 5.97 Å². The Morgan fingerprint density at radius 2 is 1.93 bits per heavy atom. The van der Waals surface area contributed by atoms with Crippen molar-refractivity contribution < 1.29 is 19.4 Å². The number of carboxylic acids is 1. The van der Waals surface area contributed by atoms with Gasteiger partial charge >= 0.3 is 11.9 Å². The number of carbonyl (C=O) groups excluding carboxylic acids is 1. The molecule has 0 bridgehead atoms. The average Bonchev–Trinajstić information content (AvgIpc) is 2.10. The van der Waals surface area contributed by atoms with Crippen LogP contribution in [-0.2, 0) is 14.3 Å². The lowest BCUT2D eigenvalue weighted by Crippen LogP contribution is -2.19. The van der Waals surface area contributed by atoms with Gasteiger partial charge in [0.05, 0.1) is 13.0 Å². The van der Waals surface area contributed by atoms with E-state index in [0.717, 1.165) is 0 Å². The SMILES string of the molecule is COC(=O)C(CCC(=O)O)CC(C)C. The van der Waals surface area contributed by atoms with E-state index in [9.17, 15) is 9.59 Å². The zero-order chi connectivity index (χ0) is 11.1. The van der Waals surface area contributed by atoms with E-state index >= 15 is 0 Å². The van der Waals surface area contributed by atoms with Crippen LogP contribution in [0.2, 0.25) is 0 Å². The summed E-state index contributed by atoms with van der Waals surface area (Å²) in [5.74, 6) is -1.09. The molecule has 0 radical (unpaired) electrons. The van der Waals surface area contributed by atoms with Crippen molar-refractivity contribution in [1.82, 2.24) is 0 Å². The summed E-state index contributed by atoms with van der Waals surface area (Å²) in [4.78, 5) is 21.6. The third-order valence-corrected chi connectivity index (χ3v) is 2.00. The van der Waals surface area contributed by atoms with Crippen LogP contribution in [0.4, 0.5) is 0 Å². The topological polar surface area (TPSA) is 63.6 Å². The Hall–Kier alpha value is -1.06. The monoisotopic (exact) mass is 202 g/mol. The molecule has 82 valence electrons. The van der Waals surface area contributed by atoms with E-state index in [1.165, 1.54) is 7.11 Å². The summed E-state index contributed by atoms with van der Waals surface area (Å²) in [6, 6.07) is 0. The van der Waals surface area contributed by atoms with Gasteiger partial charge in [0, 0.05) is 6.42 Å². The Morgan fingerprint density at radius 1 is 1.36 bits per heavy atom. The van der Waals surface area contributed by atoms with Crippen LogP contribution in [-0.4, -0.2) is 24.2 Å². The minimum Gasteiger partial charge on any atom is -0.481 e. The van der Waals surface area contributed by atoms with Gasteiger partial charge in [-0.05, 0) is 18.8 Å². The van der Waals surface area contributed by atoms with Crippen molar-refractivity contribution in [2.24, 2.45) is 11.8 Å². The molecular formula is C10H18O4. The van der Waals surface area contributed by atoms with Gasteiger partial charge in [-0.3, -0.25) is 9.59 Å². The Kier molecular flexibility index (Phi) is 5.92. The molecule has 0 saturated carbocycles. The largest absolute Gasteiger partial charge is 0.481 e. The third kappa shape index (κ3) is 5.56. The summed E-state index contributed by atoms with van der Waals surface area (Å²) in [6.45, 7) is 3.99. The van der Waals surface area contributed by atoms with Crippen LogP contribution < -0.4 is 0 Å². The number of hydrogen-bond donors (Lipinski definition) is 1. The van der Waals surface area contributed by atoms with Gasteiger partial charge in [0.25, 0.3) is 0 Å². The lowest BCUT2D eigenvalue weighted by atomic mass is 9.93. The van der Waals surface area contributed by atoms with E-state index in [-0.39, 0.29) is 18.3 Å². The smallest absolute Gasteiger partial charge is 0.308 e. The highest BCUT2D eigenvalue weighted by Crippen LogP contribution is 2.18. The summed E-state index contributed by atoms with van der Waals surface area (Å²) in [6.07, 6.45) is 1.06. The van der Waals surface area contributed by atoms with Crippen LogP contribution in [0.15, 0.2) is 0 Å². The Bertz CT molecular complexity index is 198. The Labute approximate surface area is 84.3 Å². The predicted molar refractivity (Wildman–Crippen MR) is 51.8 cm³/mol. The van der Waals surface area contributed by atoms with E-state index in [1.54, 1.807) is 0 Å². The fraction of sp³-hybridized carbons (Fsp3) is 0.800. The predicted octanol–water partition coefficient (Wildman–Crippen LogP) is 1.69. The third-order valence-electron chi connectivity index (χ3n) is 2.00. The van der Waals surface area contributed by atoms with E-state index in [2.05, 4.69) is 4.74 Å². The standard InChI is InChI=1S/C10H18O4/c1-7(2)6-8(10(13)14-3)4-5-9(11)12/h7-8H,4-6H2,1-3H3,(H,11,12). The first-order chi connectivity index (χ1) is 6.47. The highest BCUT2D eigenvalue weighted by atomic mass is 16.5. The highest BCUT2D eigenvalue weighted by Gasteiger charge is 2.21. The summed E-state index contributed by atoms with van der Waals surface area (Å²) in [5, 5.41) is 8.50. The zero-order valence-corrected chi connectivity index (χ0v) is 8.95. The van der Waals surface area contributed by atoms with Crippen molar-refractivity contribution in [3.8, 4) is 0 Å². The van der Waals surface area contributed by atoms with Gasteiger partial charge in [-0.25, -0.2) is 0 Å². The second kappa shape index (κ2) is 6.40. The molecule has 4 nitrogen and oxygen atoms in total. The highest BCUT2D eigenvalue weighted by molar-refractivity contribution is 5.73. The summed E-state index contributed by atoms with van der Waals surface area (Å²) >= 11 is 0. The molecule has 0 aromatic carbocycles. The average molecular weight is 202 g/mol. The molecular weight excluding hydrogens is 184 g/mol. The van der Waals surface area contributed by atoms with Crippen LogP contribution in [0.3, 0.4) is 0 Å². The molecule has 1 unspecified atom stereocenters. The van der Waals surface area contributed by atoms with Crippen molar-refractivity contribution in [3.05, 3.63) is 0 Å². The molecule has 0 heterocycles. The molecule has 1 atom stereocenters. The van der Waals surface area contributed by atoms with E-state index in [4.69, 9.17) is 5.11 Å². The number of rotatable bonds is 6. The second-order valence-corrected chi connectivity index (χ2v) is 3.78. The van der Waals surface area contributed by atoms with Crippen molar-refractivity contribution in [2.75, 3.05) is 7.11 Å². The lowest BCUT2D eigenvalue weighted by molar-refractivity contribution is -0.146.